The Balaban J connectivity index is 1.95. The molecule has 0 aromatic heterocycles. The molecule has 2 nitrogen and oxygen atoms in total. The first-order chi connectivity index (χ1) is 9.74. The van der Waals surface area contributed by atoms with Crippen LogP contribution in [-0.4, -0.2) is 13.7 Å². The summed E-state index contributed by atoms with van der Waals surface area (Å²) in [5.74, 6) is 1.63. The second kappa shape index (κ2) is 7.55. The molecule has 4 heteroatoms. The van der Waals surface area contributed by atoms with Crippen LogP contribution in [0.5, 0.6) is 11.5 Å². The van der Waals surface area contributed by atoms with E-state index in [1.165, 1.54) is 5.56 Å². The number of methoxy groups -OCH3 is 1. The second-order valence-corrected chi connectivity index (χ2v) is 5.28. The molecule has 0 radical (unpaired) electrons. The zero-order valence-electron chi connectivity index (χ0n) is 11.2. The fourth-order valence-corrected chi connectivity index (χ4v) is 2.57. The van der Waals surface area contributed by atoms with Gasteiger partial charge in [0.2, 0.25) is 0 Å². The quantitative estimate of drug-likeness (QED) is 0.689. The lowest BCUT2D eigenvalue weighted by Gasteiger charge is -2.12. The van der Waals surface area contributed by atoms with Gasteiger partial charge in [0, 0.05) is 17.3 Å². The molecular formula is C16H16BrClO2. The highest BCUT2D eigenvalue weighted by atomic mass is 79.9. The smallest absolute Gasteiger partial charge is 0.141 e. The predicted molar refractivity (Wildman–Crippen MR) is 86.3 cm³/mol. The van der Waals surface area contributed by atoms with Crippen LogP contribution in [0.2, 0.25) is 5.02 Å². The summed E-state index contributed by atoms with van der Waals surface area (Å²) in [6.45, 7) is 0.593. The average molecular weight is 356 g/mol. The van der Waals surface area contributed by atoms with Gasteiger partial charge in [0.25, 0.3) is 0 Å². The third kappa shape index (κ3) is 3.90. The van der Waals surface area contributed by atoms with E-state index in [1.54, 1.807) is 7.11 Å². The molecule has 0 unspecified atom stereocenters. The van der Waals surface area contributed by atoms with E-state index in [1.807, 2.05) is 42.5 Å². The minimum absolute atomic E-state index is 0.593. The van der Waals surface area contributed by atoms with Crippen LogP contribution in [0, 0.1) is 0 Å². The molecule has 0 fully saturated rings. The van der Waals surface area contributed by atoms with Crippen LogP contribution in [0.4, 0.5) is 0 Å². The first-order valence-corrected chi connectivity index (χ1v) is 7.83. The summed E-state index contributed by atoms with van der Waals surface area (Å²) in [6, 6.07) is 13.8. The van der Waals surface area contributed by atoms with Crippen molar-refractivity contribution in [2.24, 2.45) is 0 Å². The molecule has 0 aliphatic rings. The van der Waals surface area contributed by atoms with Gasteiger partial charge in [-0.1, -0.05) is 51.8 Å². The maximum Gasteiger partial charge on any atom is 0.141 e. The summed E-state index contributed by atoms with van der Waals surface area (Å²) in [5.41, 5.74) is 2.27. The zero-order chi connectivity index (χ0) is 14.4. The highest BCUT2D eigenvalue weighted by Gasteiger charge is 2.07. The first-order valence-electron chi connectivity index (χ1n) is 6.33. The van der Waals surface area contributed by atoms with Gasteiger partial charge in [-0.2, -0.15) is 0 Å². The highest BCUT2D eigenvalue weighted by molar-refractivity contribution is 9.08. The van der Waals surface area contributed by atoms with E-state index in [2.05, 4.69) is 15.9 Å². The Labute approximate surface area is 132 Å². The normalized spacial score (nSPS) is 10.3. The number of benzene rings is 2. The zero-order valence-corrected chi connectivity index (χ0v) is 13.6. The van der Waals surface area contributed by atoms with Crippen LogP contribution in [0.25, 0.3) is 0 Å². The third-order valence-electron chi connectivity index (χ3n) is 2.99. The van der Waals surface area contributed by atoms with Gasteiger partial charge in [0.1, 0.15) is 11.5 Å². The summed E-state index contributed by atoms with van der Waals surface area (Å²) in [5, 5.41) is 1.38. The van der Waals surface area contributed by atoms with Crippen LogP contribution in [0.3, 0.4) is 0 Å². The molecule has 0 heterocycles. The van der Waals surface area contributed by atoms with Crippen molar-refractivity contribution in [3.63, 3.8) is 0 Å². The lowest BCUT2D eigenvalue weighted by atomic mass is 10.1. The minimum Gasteiger partial charge on any atom is -0.497 e. The molecule has 0 amide bonds. The maximum absolute atomic E-state index is 6.17. The SMILES string of the molecule is COc1ccc(CCOc2c(Cl)cccc2CBr)cc1. The van der Waals surface area contributed by atoms with E-state index < -0.39 is 0 Å². The molecule has 106 valence electrons. The molecule has 2 rings (SSSR count). The molecule has 2 aromatic rings. The summed E-state index contributed by atoms with van der Waals surface area (Å²) >= 11 is 9.61. The number of para-hydroxylation sites is 1. The lowest BCUT2D eigenvalue weighted by molar-refractivity contribution is 0.319. The molecule has 20 heavy (non-hydrogen) atoms. The first kappa shape index (κ1) is 15.2. The molecule has 0 spiro atoms. The Hall–Kier alpha value is -1.19. The van der Waals surface area contributed by atoms with Gasteiger partial charge in [-0.05, 0) is 23.8 Å². The molecule has 0 N–H and O–H groups in total. The number of hydrogen-bond donors (Lipinski definition) is 0. The molecule has 0 atom stereocenters. The number of ether oxygens (including phenoxy) is 2. The number of alkyl halides is 1. The molecule has 0 saturated carbocycles. The highest BCUT2D eigenvalue weighted by Crippen LogP contribution is 2.30. The Morgan fingerprint density at radius 2 is 1.85 bits per heavy atom. The number of halogens is 2. The molecule has 0 bridgehead atoms. The maximum atomic E-state index is 6.17. The van der Waals surface area contributed by atoms with Crippen molar-refractivity contribution in [2.45, 2.75) is 11.8 Å². The van der Waals surface area contributed by atoms with Crippen molar-refractivity contribution in [3.8, 4) is 11.5 Å². The van der Waals surface area contributed by atoms with Crippen LogP contribution in [0.15, 0.2) is 42.5 Å². The topological polar surface area (TPSA) is 18.5 Å². The Kier molecular flexibility index (Phi) is 5.74. The van der Waals surface area contributed by atoms with Crippen molar-refractivity contribution in [1.82, 2.24) is 0 Å². The van der Waals surface area contributed by atoms with Crippen molar-refractivity contribution >= 4 is 27.5 Å². The van der Waals surface area contributed by atoms with Gasteiger partial charge in [0.15, 0.2) is 0 Å². The fraction of sp³-hybridized carbons (Fsp3) is 0.250. The van der Waals surface area contributed by atoms with E-state index in [4.69, 9.17) is 21.1 Å². The van der Waals surface area contributed by atoms with Crippen LogP contribution in [0.1, 0.15) is 11.1 Å². The Morgan fingerprint density at radius 3 is 2.50 bits per heavy atom. The molecule has 0 saturated heterocycles. The summed E-state index contributed by atoms with van der Waals surface area (Å²) in [4.78, 5) is 0. The van der Waals surface area contributed by atoms with Crippen molar-refractivity contribution in [3.05, 3.63) is 58.6 Å². The van der Waals surface area contributed by atoms with Crippen molar-refractivity contribution < 1.29 is 9.47 Å². The van der Waals surface area contributed by atoms with Crippen LogP contribution >= 0.6 is 27.5 Å². The third-order valence-corrected chi connectivity index (χ3v) is 3.89. The van der Waals surface area contributed by atoms with E-state index in [9.17, 15) is 0 Å². The lowest BCUT2D eigenvalue weighted by Crippen LogP contribution is -2.03. The van der Waals surface area contributed by atoms with Gasteiger partial charge in [-0.3, -0.25) is 0 Å². The summed E-state index contributed by atoms with van der Waals surface area (Å²) in [7, 11) is 1.66. The molecular weight excluding hydrogens is 340 g/mol. The van der Waals surface area contributed by atoms with E-state index in [-0.39, 0.29) is 0 Å². The van der Waals surface area contributed by atoms with E-state index in [0.29, 0.717) is 11.6 Å². The van der Waals surface area contributed by atoms with Crippen molar-refractivity contribution in [1.29, 1.82) is 0 Å². The van der Waals surface area contributed by atoms with Crippen LogP contribution in [-0.2, 0) is 11.8 Å². The monoisotopic (exact) mass is 354 g/mol. The summed E-state index contributed by atoms with van der Waals surface area (Å²) < 4.78 is 11.0. The molecule has 0 aliphatic carbocycles. The Morgan fingerprint density at radius 1 is 1.10 bits per heavy atom. The van der Waals surface area contributed by atoms with Crippen LogP contribution < -0.4 is 9.47 Å². The van der Waals surface area contributed by atoms with Gasteiger partial charge in [-0.15, -0.1) is 0 Å². The number of rotatable bonds is 6. The summed E-state index contributed by atoms with van der Waals surface area (Å²) in [6.07, 6.45) is 0.830. The number of hydrogen-bond acceptors (Lipinski definition) is 2. The fourth-order valence-electron chi connectivity index (χ4n) is 1.88. The Bertz CT molecular complexity index is 555. The molecule has 2 aromatic carbocycles. The predicted octanol–water partition coefficient (Wildman–Crippen LogP) is 4.87. The largest absolute Gasteiger partial charge is 0.497 e. The molecule has 0 aliphatic heterocycles. The minimum atomic E-state index is 0.593. The van der Waals surface area contributed by atoms with Gasteiger partial charge in [-0.25, -0.2) is 0 Å². The van der Waals surface area contributed by atoms with Crippen molar-refractivity contribution in [2.75, 3.05) is 13.7 Å². The van der Waals surface area contributed by atoms with Gasteiger partial charge in [0.05, 0.1) is 18.7 Å². The van der Waals surface area contributed by atoms with Gasteiger partial charge >= 0.3 is 0 Å². The van der Waals surface area contributed by atoms with E-state index in [0.717, 1.165) is 28.8 Å². The van der Waals surface area contributed by atoms with Gasteiger partial charge < -0.3 is 9.47 Å². The average Bonchev–Trinajstić information content (AvgIpc) is 2.49. The standard InChI is InChI=1S/C16H16BrClO2/c1-19-14-7-5-12(6-8-14)9-10-20-16-13(11-17)3-2-4-15(16)18/h2-8H,9-11H2,1H3. The van der Waals surface area contributed by atoms with E-state index >= 15 is 0 Å². The second-order valence-electron chi connectivity index (χ2n) is 4.31.